The largest absolute Gasteiger partial charge is 0.486 e. The molecule has 0 radical (unpaired) electrons. The summed E-state index contributed by atoms with van der Waals surface area (Å²) in [6.07, 6.45) is 0.936. The van der Waals surface area contributed by atoms with Gasteiger partial charge in [-0.15, -0.1) is 11.3 Å². The lowest BCUT2D eigenvalue weighted by Gasteiger charge is -2.21. The molecule has 0 bridgehead atoms. The van der Waals surface area contributed by atoms with E-state index in [1.807, 2.05) is 23.1 Å². The first-order chi connectivity index (χ1) is 16.7. The second-order valence-electron chi connectivity index (χ2n) is 10.6. The molecule has 0 aliphatic carbocycles. The summed E-state index contributed by atoms with van der Waals surface area (Å²) in [5.74, 6) is 2.25. The molecule has 4 rings (SSSR count). The summed E-state index contributed by atoms with van der Waals surface area (Å²) >= 11 is 1.73. The van der Waals surface area contributed by atoms with Crippen molar-refractivity contribution in [2.75, 3.05) is 26.2 Å². The number of hydrogen-bond acceptors (Lipinski definition) is 6. The fraction of sp³-hybridized carbons (Fsp3) is 0.500. The van der Waals surface area contributed by atoms with Crippen molar-refractivity contribution in [2.24, 2.45) is 0 Å². The quantitative estimate of drug-likeness (QED) is 0.397. The van der Waals surface area contributed by atoms with Crippen LogP contribution in [0.2, 0.25) is 0 Å². The van der Waals surface area contributed by atoms with Gasteiger partial charge in [0.1, 0.15) is 18.1 Å². The van der Waals surface area contributed by atoms with Crippen LogP contribution in [0.25, 0.3) is 0 Å². The molecule has 0 N–H and O–H groups in total. The van der Waals surface area contributed by atoms with Gasteiger partial charge in [0.25, 0.3) is 5.91 Å². The zero-order valence-corrected chi connectivity index (χ0v) is 22.4. The maximum absolute atomic E-state index is 13.1. The highest BCUT2D eigenvalue weighted by molar-refractivity contribution is 7.09. The number of furan rings is 1. The Hall–Kier alpha value is -2.64. The first-order valence-electron chi connectivity index (χ1n) is 12.5. The van der Waals surface area contributed by atoms with Crippen LogP contribution in [0.3, 0.4) is 0 Å². The first-order valence-corrected chi connectivity index (χ1v) is 13.3. The maximum atomic E-state index is 13.1. The minimum atomic E-state index is -0.0527. The molecule has 3 aromatic rings. The highest BCUT2D eigenvalue weighted by Gasteiger charge is 2.24. The SMILES string of the molecule is CC(C)c1ccc(OCc2ccc(C(=O)N3CCCN(Cc4csc(C(C)(C)C)n4)CC3)o2)cc1. The summed E-state index contributed by atoms with van der Waals surface area (Å²) in [5.41, 5.74) is 2.48. The van der Waals surface area contributed by atoms with Gasteiger partial charge >= 0.3 is 0 Å². The van der Waals surface area contributed by atoms with E-state index < -0.39 is 0 Å². The summed E-state index contributed by atoms with van der Waals surface area (Å²) in [6, 6.07) is 11.7. The van der Waals surface area contributed by atoms with Gasteiger partial charge in [-0.3, -0.25) is 9.69 Å². The molecule has 1 fully saturated rings. The molecule has 35 heavy (non-hydrogen) atoms. The van der Waals surface area contributed by atoms with E-state index in [4.69, 9.17) is 14.1 Å². The van der Waals surface area contributed by atoms with Crippen LogP contribution < -0.4 is 4.74 Å². The van der Waals surface area contributed by atoms with Crippen LogP contribution in [-0.4, -0.2) is 46.9 Å². The summed E-state index contributed by atoms with van der Waals surface area (Å²) in [4.78, 5) is 22.2. The van der Waals surface area contributed by atoms with Crippen LogP contribution in [0.4, 0.5) is 0 Å². The number of benzene rings is 1. The van der Waals surface area contributed by atoms with Crippen LogP contribution >= 0.6 is 11.3 Å². The lowest BCUT2D eigenvalue weighted by atomic mass is 9.98. The monoisotopic (exact) mass is 495 g/mol. The van der Waals surface area contributed by atoms with E-state index in [1.54, 1.807) is 17.4 Å². The van der Waals surface area contributed by atoms with Gasteiger partial charge in [-0.05, 0) is 42.2 Å². The summed E-state index contributed by atoms with van der Waals surface area (Å²) in [7, 11) is 0. The van der Waals surface area contributed by atoms with Crippen molar-refractivity contribution in [1.29, 1.82) is 0 Å². The van der Waals surface area contributed by atoms with E-state index in [-0.39, 0.29) is 11.3 Å². The van der Waals surface area contributed by atoms with E-state index >= 15 is 0 Å². The molecule has 1 aliphatic heterocycles. The van der Waals surface area contributed by atoms with Crippen molar-refractivity contribution in [3.8, 4) is 5.75 Å². The third kappa shape index (κ3) is 6.73. The number of hydrogen-bond donors (Lipinski definition) is 0. The molecule has 3 heterocycles. The molecule has 1 saturated heterocycles. The Morgan fingerprint density at radius 3 is 2.54 bits per heavy atom. The number of carbonyl (C=O) groups is 1. The Morgan fingerprint density at radius 1 is 1.09 bits per heavy atom. The molecule has 1 amide bonds. The molecule has 6 nitrogen and oxygen atoms in total. The molecule has 7 heteroatoms. The summed E-state index contributed by atoms with van der Waals surface area (Å²) in [6.45, 7) is 15.3. The molecule has 2 aromatic heterocycles. The highest BCUT2D eigenvalue weighted by Crippen LogP contribution is 2.26. The minimum absolute atomic E-state index is 0.0527. The van der Waals surface area contributed by atoms with E-state index in [0.717, 1.165) is 44.0 Å². The average molecular weight is 496 g/mol. The van der Waals surface area contributed by atoms with Crippen molar-refractivity contribution >= 4 is 17.2 Å². The maximum Gasteiger partial charge on any atom is 0.289 e. The zero-order chi connectivity index (χ0) is 25.0. The highest BCUT2D eigenvalue weighted by atomic mass is 32.1. The number of nitrogens with zero attached hydrogens (tertiary/aromatic N) is 3. The second kappa shape index (κ2) is 11.0. The molecule has 0 saturated carbocycles. The molecular formula is C28H37N3O3S. The molecule has 1 aliphatic rings. The predicted molar refractivity (Wildman–Crippen MR) is 140 cm³/mol. The van der Waals surface area contributed by atoms with E-state index in [9.17, 15) is 4.79 Å². The Balaban J connectivity index is 1.28. The fourth-order valence-electron chi connectivity index (χ4n) is 4.11. The second-order valence-corrected chi connectivity index (χ2v) is 11.5. The smallest absolute Gasteiger partial charge is 0.289 e. The van der Waals surface area contributed by atoms with Crippen molar-refractivity contribution in [2.45, 2.75) is 65.5 Å². The molecule has 1 aromatic carbocycles. The number of aromatic nitrogens is 1. The van der Waals surface area contributed by atoms with Gasteiger partial charge in [0.2, 0.25) is 0 Å². The van der Waals surface area contributed by atoms with Crippen molar-refractivity contribution in [1.82, 2.24) is 14.8 Å². The van der Waals surface area contributed by atoms with Crippen LogP contribution in [0.5, 0.6) is 5.75 Å². The Kier molecular flexibility index (Phi) is 7.97. The Labute approximate surface area is 212 Å². The standard InChI is InChI=1S/C28H37N3O3S/c1-20(2)21-7-9-23(10-8-21)33-18-24-11-12-25(34-24)26(32)31-14-6-13-30(15-16-31)17-22-19-35-27(29-22)28(3,4)5/h7-12,19-20H,6,13-18H2,1-5H3. The first kappa shape index (κ1) is 25.5. The van der Waals surface area contributed by atoms with Gasteiger partial charge in [-0.2, -0.15) is 0 Å². The number of amides is 1. The lowest BCUT2D eigenvalue weighted by Crippen LogP contribution is -2.35. The Bertz CT molecular complexity index is 1110. The predicted octanol–water partition coefficient (Wildman–Crippen LogP) is 6.08. The van der Waals surface area contributed by atoms with Gasteiger partial charge in [0.05, 0.1) is 10.7 Å². The fourth-order valence-corrected chi connectivity index (χ4v) is 5.01. The normalized spacial score (nSPS) is 15.4. The number of rotatable bonds is 7. The van der Waals surface area contributed by atoms with E-state index in [1.165, 1.54) is 10.6 Å². The van der Waals surface area contributed by atoms with Gasteiger partial charge < -0.3 is 14.1 Å². The number of carbonyl (C=O) groups excluding carboxylic acids is 1. The summed E-state index contributed by atoms with van der Waals surface area (Å²) < 4.78 is 11.7. The molecule has 0 atom stereocenters. The topological polar surface area (TPSA) is 58.8 Å². The average Bonchev–Trinajstić information content (AvgIpc) is 3.43. The third-order valence-electron chi connectivity index (χ3n) is 6.25. The van der Waals surface area contributed by atoms with Crippen molar-refractivity contribution in [3.05, 3.63) is 69.6 Å². The van der Waals surface area contributed by atoms with E-state index in [0.29, 0.717) is 30.6 Å². The molecule has 188 valence electrons. The van der Waals surface area contributed by atoms with Crippen LogP contribution in [0.1, 0.15) is 79.5 Å². The number of ether oxygens (including phenoxy) is 1. The zero-order valence-electron chi connectivity index (χ0n) is 21.5. The Morgan fingerprint density at radius 2 is 1.86 bits per heavy atom. The van der Waals surface area contributed by atoms with Gasteiger partial charge in [-0.25, -0.2) is 4.98 Å². The third-order valence-corrected chi connectivity index (χ3v) is 7.57. The van der Waals surface area contributed by atoms with Gasteiger partial charge in [0.15, 0.2) is 5.76 Å². The van der Waals surface area contributed by atoms with Crippen LogP contribution in [-0.2, 0) is 18.6 Å². The van der Waals surface area contributed by atoms with Gasteiger partial charge in [-0.1, -0.05) is 46.8 Å². The van der Waals surface area contributed by atoms with E-state index in [2.05, 4.69) is 57.0 Å². The van der Waals surface area contributed by atoms with Crippen LogP contribution in [0.15, 0.2) is 46.2 Å². The van der Waals surface area contributed by atoms with Crippen molar-refractivity contribution < 1.29 is 13.9 Å². The molecular weight excluding hydrogens is 458 g/mol. The van der Waals surface area contributed by atoms with Crippen LogP contribution in [0, 0.1) is 0 Å². The summed E-state index contributed by atoms with van der Waals surface area (Å²) in [5, 5.41) is 3.34. The minimum Gasteiger partial charge on any atom is -0.486 e. The van der Waals surface area contributed by atoms with Crippen molar-refractivity contribution in [3.63, 3.8) is 0 Å². The number of thiazole rings is 1. The molecule has 0 unspecified atom stereocenters. The van der Waals surface area contributed by atoms with Gasteiger partial charge in [0, 0.05) is 43.5 Å². The lowest BCUT2D eigenvalue weighted by molar-refractivity contribution is 0.0725. The molecule has 0 spiro atoms.